The van der Waals surface area contributed by atoms with Crippen LogP contribution in [0.2, 0.25) is 0 Å². The third-order valence-electron chi connectivity index (χ3n) is 4.53. The Kier molecular flexibility index (Phi) is 9.50. The second-order valence-corrected chi connectivity index (χ2v) is 7.00. The van der Waals surface area contributed by atoms with Crippen molar-refractivity contribution < 1.29 is 9.18 Å². The quantitative estimate of drug-likeness (QED) is 0.787. The highest BCUT2D eigenvalue weighted by Gasteiger charge is 2.25. The summed E-state index contributed by atoms with van der Waals surface area (Å²) in [5.41, 5.74) is 0.874. The molecule has 0 unspecified atom stereocenters. The van der Waals surface area contributed by atoms with Crippen molar-refractivity contribution in [3.05, 3.63) is 41.2 Å². The number of rotatable bonds is 5. The Hall–Kier alpha value is -1.21. The molecule has 144 valence electrons. The van der Waals surface area contributed by atoms with Gasteiger partial charge in [-0.25, -0.2) is 9.37 Å². The highest BCUT2D eigenvalue weighted by Crippen LogP contribution is 2.27. The van der Waals surface area contributed by atoms with Crippen LogP contribution in [0.15, 0.2) is 29.6 Å². The Labute approximate surface area is 170 Å². The number of benzene rings is 1. The van der Waals surface area contributed by atoms with Crippen LogP contribution in [0.5, 0.6) is 0 Å². The van der Waals surface area contributed by atoms with Gasteiger partial charge >= 0.3 is 0 Å². The molecular weight excluding hydrogens is 396 g/mol. The van der Waals surface area contributed by atoms with E-state index in [1.54, 1.807) is 23.6 Å². The molecule has 0 bridgehead atoms. The summed E-state index contributed by atoms with van der Waals surface area (Å²) in [6.45, 7) is 2.58. The molecule has 0 saturated carbocycles. The summed E-state index contributed by atoms with van der Waals surface area (Å²) in [5, 5.41) is 5.47. The number of carbonyl (C=O) groups excluding carboxylic acids is 1. The average Bonchev–Trinajstić information content (AvgIpc) is 3.10. The number of hydrogen-bond donors (Lipinski definition) is 1. The topological polar surface area (TPSA) is 45.2 Å². The number of hydrogen-bond acceptors (Lipinski definition) is 4. The first-order valence-electron chi connectivity index (χ1n) is 8.33. The summed E-state index contributed by atoms with van der Waals surface area (Å²) in [6, 6.07) is 6.53. The number of nitrogens with one attached hydrogen (secondary N) is 1. The van der Waals surface area contributed by atoms with E-state index >= 15 is 0 Å². The van der Waals surface area contributed by atoms with Gasteiger partial charge in [-0.05, 0) is 50.9 Å². The van der Waals surface area contributed by atoms with Gasteiger partial charge in [-0.3, -0.25) is 4.79 Å². The summed E-state index contributed by atoms with van der Waals surface area (Å²) in [6.07, 6.45) is 3.24. The molecule has 4 nitrogen and oxygen atoms in total. The van der Waals surface area contributed by atoms with Gasteiger partial charge in [-0.1, -0.05) is 12.1 Å². The van der Waals surface area contributed by atoms with Crippen LogP contribution >= 0.6 is 36.2 Å². The first-order chi connectivity index (χ1) is 11.7. The van der Waals surface area contributed by atoms with E-state index in [1.165, 1.54) is 17.4 Å². The Balaban J connectivity index is 0.00000169. The van der Waals surface area contributed by atoms with Crippen LogP contribution in [0.1, 0.15) is 29.8 Å². The summed E-state index contributed by atoms with van der Waals surface area (Å²) in [7, 11) is 1.97. The molecule has 2 aromatic rings. The van der Waals surface area contributed by atoms with E-state index in [4.69, 9.17) is 0 Å². The first-order valence-corrected chi connectivity index (χ1v) is 9.21. The Morgan fingerprint density at radius 2 is 2.00 bits per heavy atom. The van der Waals surface area contributed by atoms with Crippen LogP contribution in [0.25, 0.3) is 10.6 Å². The van der Waals surface area contributed by atoms with E-state index in [9.17, 15) is 9.18 Å². The van der Waals surface area contributed by atoms with Crippen molar-refractivity contribution in [3.8, 4) is 10.6 Å². The third kappa shape index (κ3) is 5.39. The molecule has 1 saturated heterocycles. The average molecular weight is 420 g/mol. The SMILES string of the molecule is CNCCC1CCN(C(=O)c2csc(-c3ccccc3F)n2)CC1.Cl.Cl. The van der Waals surface area contributed by atoms with Crippen LogP contribution in [-0.4, -0.2) is 42.5 Å². The fourth-order valence-corrected chi connectivity index (χ4v) is 3.89. The van der Waals surface area contributed by atoms with Crippen LogP contribution in [0.4, 0.5) is 4.39 Å². The molecule has 26 heavy (non-hydrogen) atoms. The molecule has 0 aliphatic carbocycles. The summed E-state index contributed by atoms with van der Waals surface area (Å²) in [4.78, 5) is 18.8. The third-order valence-corrected chi connectivity index (χ3v) is 5.41. The van der Waals surface area contributed by atoms with E-state index in [1.807, 2.05) is 11.9 Å². The summed E-state index contributed by atoms with van der Waals surface area (Å²) < 4.78 is 13.9. The minimum absolute atomic E-state index is 0. The smallest absolute Gasteiger partial charge is 0.273 e. The molecule has 1 N–H and O–H groups in total. The van der Waals surface area contributed by atoms with Gasteiger partial charge in [0.15, 0.2) is 0 Å². The second kappa shape index (κ2) is 10.8. The minimum atomic E-state index is -0.309. The van der Waals surface area contributed by atoms with E-state index in [-0.39, 0.29) is 36.5 Å². The van der Waals surface area contributed by atoms with Crippen molar-refractivity contribution in [2.24, 2.45) is 5.92 Å². The number of piperidine rings is 1. The lowest BCUT2D eigenvalue weighted by atomic mass is 9.93. The number of amides is 1. The molecule has 1 fully saturated rings. The van der Waals surface area contributed by atoms with Gasteiger partial charge in [0.2, 0.25) is 0 Å². The summed E-state index contributed by atoms with van der Waals surface area (Å²) in [5.74, 6) is 0.336. The highest BCUT2D eigenvalue weighted by molar-refractivity contribution is 7.13. The Bertz CT molecular complexity index is 705. The number of halogens is 3. The molecule has 0 atom stereocenters. The van der Waals surface area contributed by atoms with Crippen LogP contribution in [0, 0.1) is 11.7 Å². The predicted octanol–water partition coefficient (Wildman–Crippen LogP) is 4.25. The van der Waals surface area contributed by atoms with Gasteiger partial charge in [0.25, 0.3) is 5.91 Å². The van der Waals surface area contributed by atoms with Crippen molar-refractivity contribution in [2.45, 2.75) is 19.3 Å². The van der Waals surface area contributed by atoms with Gasteiger partial charge < -0.3 is 10.2 Å². The van der Waals surface area contributed by atoms with Crippen molar-refractivity contribution in [3.63, 3.8) is 0 Å². The number of thiazole rings is 1. The molecule has 2 heterocycles. The number of aromatic nitrogens is 1. The lowest BCUT2D eigenvalue weighted by Gasteiger charge is -2.31. The molecule has 3 rings (SSSR count). The molecule has 1 aromatic heterocycles. The van der Waals surface area contributed by atoms with Gasteiger partial charge in [0, 0.05) is 24.0 Å². The fraction of sp³-hybridized carbons (Fsp3) is 0.444. The molecule has 8 heteroatoms. The number of likely N-dealkylation sites (tertiary alicyclic amines) is 1. The van der Waals surface area contributed by atoms with E-state index < -0.39 is 0 Å². The van der Waals surface area contributed by atoms with Crippen molar-refractivity contribution in [1.29, 1.82) is 0 Å². The first kappa shape index (κ1) is 22.8. The molecule has 1 amide bonds. The highest BCUT2D eigenvalue weighted by atomic mass is 35.5. The maximum atomic E-state index is 13.9. The lowest BCUT2D eigenvalue weighted by molar-refractivity contribution is 0.0682. The van der Waals surface area contributed by atoms with Crippen molar-refractivity contribution >= 4 is 42.1 Å². The van der Waals surface area contributed by atoms with Crippen molar-refractivity contribution in [1.82, 2.24) is 15.2 Å². The zero-order valence-electron chi connectivity index (χ0n) is 14.6. The van der Waals surface area contributed by atoms with Gasteiger partial charge in [0.1, 0.15) is 16.5 Å². The minimum Gasteiger partial charge on any atom is -0.337 e. The number of carbonyl (C=O) groups is 1. The van der Waals surface area contributed by atoms with Gasteiger partial charge in [0.05, 0.1) is 0 Å². The molecule has 1 aliphatic rings. The van der Waals surface area contributed by atoms with Crippen LogP contribution in [-0.2, 0) is 0 Å². The standard InChI is InChI=1S/C18H22FN3OS.2ClH/c1-20-9-6-13-7-10-22(11-8-13)18(23)16-12-24-17(21-16)14-4-2-3-5-15(14)19;;/h2-5,12-13,20H,6-11H2,1H3;2*1H. The zero-order chi connectivity index (χ0) is 16.9. The maximum Gasteiger partial charge on any atom is 0.273 e. The van der Waals surface area contributed by atoms with Gasteiger partial charge in [-0.2, -0.15) is 0 Å². The normalized spacial score (nSPS) is 14.5. The van der Waals surface area contributed by atoms with E-state index in [0.29, 0.717) is 22.2 Å². The molecular formula is C18H24Cl2FN3OS. The monoisotopic (exact) mass is 419 g/mol. The predicted molar refractivity (Wildman–Crippen MR) is 109 cm³/mol. The van der Waals surface area contributed by atoms with E-state index in [2.05, 4.69) is 10.3 Å². The molecule has 1 aromatic carbocycles. The lowest BCUT2D eigenvalue weighted by Crippen LogP contribution is -2.39. The molecule has 0 spiro atoms. The van der Waals surface area contributed by atoms with E-state index in [0.717, 1.165) is 38.9 Å². The Morgan fingerprint density at radius 3 is 2.65 bits per heavy atom. The molecule has 0 radical (unpaired) electrons. The van der Waals surface area contributed by atoms with Crippen molar-refractivity contribution in [2.75, 3.05) is 26.7 Å². The number of nitrogens with zero attached hydrogens (tertiary/aromatic N) is 2. The van der Waals surface area contributed by atoms with Gasteiger partial charge in [-0.15, -0.1) is 36.2 Å². The molecule has 1 aliphatic heterocycles. The fourth-order valence-electron chi connectivity index (χ4n) is 3.07. The summed E-state index contributed by atoms with van der Waals surface area (Å²) >= 11 is 1.31. The van der Waals surface area contributed by atoms with Crippen LogP contribution in [0.3, 0.4) is 0 Å². The Morgan fingerprint density at radius 1 is 1.31 bits per heavy atom. The van der Waals surface area contributed by atoms with Crippen LogP contribution < -0.4 is 5.32 Å². The second-order valence-electron chi connectivity index (χ2n) is 6.15. The maximum absolute atomic E-state index is 13.9. The zero-order valence-corrected chi connectivity index (χ0v) is 17.1. The largest absolute Gasteiger partial charge is 0.337 e.